The van der Waals surface area contributed by atoms with Crippen LogP contribution in [0.15, 0.2) is 24.3 Å². The Morgan fingerprint density at radius 2 is 1.93 bits per heavy atom. The first-order chi connectivity index (χ1) is 14.0. The number of nitrogens with zero attached hydrogens (tertiary/aromatic N) is 3. The van der Waals surface area contributed by atoms with Crippen LogP contribution < -0.4 is 0 Å². The second-order valence-corrected chi connectivity index (χ2v) is 11.2. The second-order valence-electron chi connectivity index (χ2n) is 8.05. The van der Waals surface area contributed by atoms with E-state index in [4.69, 9.17) is 4.98 Å². The van der Waals surface area contributed by atoms with E-state index in [9.17, 15) is 13.2 Å². The lowest BCUT2D eigenvalue weighted by molar-refractivity contribution is -0.137. The zero-order valence-corrected chi connectivity index (χ0v) is 18.6. The molecule has 0 saturated carbocycles. The first-order valence-corrected chi connectivity index (χ1v) is 13.1. The molecule has 0 bridgehead atoms. The van der Waals surface area contributed by atoms with Gasteiger partial charge in [-0.3, -0.25) is 4.79 Å². The number of rotatable bonds is 6. The number of para-hydroxylation sites is 1. The molecule has 2 aliphatic rings. The van der Waals surface area contributed by atoms with Crippen molar-refractivity contribution in [2.24, 2.45) is 5.92 Å². The van der Waals surface area contributed by atoms with Crippen LogP contribution in [0.3, 0.4) is 0 Å². The van der Waals surface area contributed by atoms with E-state index in [1.54, 1.807) is 15.6 Å². The number of fused-ring (bicyclic) bond motifs is 1. The van der Waals surface area contributed by atoms with Crippen molar-refractivity contribution < 1.29 is 13.2 Å². The van der Waals surface area contributed by atoms with Gasteiger partial charge in [0.05, 0.1) is 22.0 Å². The summed E-state index contributed by atoms with van der Waals surface area (Å²) in [4.78, 5) is 20.0. The van der Waals surface area contributed by atoms with Crippen LogP contribution in [0.1, 0.15) is 56.5 Å². The molecule has 1 atom stereocenters. The van der Waals surface area contributed by atoms with Crippen LogP contribution >= 0.6 is 11.3 Å². The molecule has 1 aromatic heterocycles. The molecule has 4 rings (SSSR count). The predicted octanol–water partition coefficient (Wildman–Crippen LogP) is 3.80. The summed E-state index contributed by atoms with van der Waals surface area (Å²) in [6.07, 6.45) is 4.75. The lowest BCUT2D eigenvalue weighted by atomic mass is 9.96. The van der Waals surface area contributed by atoms with E-state index >= 15 is 0 Å². The Kier molecular flexibility index (Phi) is 6.22. The monoisotopic (exact) mass is 435 g/mol. The van der Waals surface area contributed by atoms with Gasteiger partial charge < -0.3 is 4.90 Å². The highest BCUT2D eigenvalue weighted by Crippen LogP contribution is 2.38. The molecule has 0 N–H and O–H groups in total. The van der Waals surface area contributed by atoms with Crippen LogP contribution in [-0.2, 0) is 14.8 Å². The normalized spacial score (nSPS) is 21.8. The topological polar surface area (TPSA) is 70.6 Å². The van der Waals surface area contributed by atoms with Crippen molar-refractivity contribution in [1.29, 1.82) is 0 Å². The number of carbonyl (C=O) groups is 1. The van der Waals surface area contributed by atoms with Gasteiger partial charge in [0.2, 0.25) is 15.9 Å². The zero-order valence-electron chi connectivity index (χ0n) is 16.9. The molecule has 6 nitrogen and oxygen atoms in total. The molecular weight excluding hydrogens is 406 g/mol. The fourth-order valence-electron chi connectivity index (χ4n) is 4.39. The fraction of sp³-hybridized carbons (Fsp3) is 0.619. The molecule has 0 radical (unpaired) electrons. The maximum absolute atomic E-state index is 13.3. The molecule has 158 valence electrons. The van der Waals surface area contributed by atoms with Crippen molar-refractivity contribution in [2.45, 2.75) is 51.5 Å². The van der Waals surface area contributed by atoms with Crippen molar-refractivity contribution >= 4 is 37.5 Å². The molecule has 29 heavy (non-hydrogen) atoms. The number of thiazole rings is 1. The highest BCUT2D eigenvalue weighted by Gasteiger charge is 2.38. The second kappa shape index (κ2) is 8.70. The molecule has 1 aromatic carbocycles. The first kappa shape index (κ1) is 20.8. The molecule has 1 unspecified atom stereocenters. The standard InChI is InChI=1S/C21H29N3O3S2/c1-2-3-15-29(26,27)23-13-10-16(11-14-23)21(25)24-12-6-8-18(24)20-22-17-7-4-5-9-19(17)28-20/h4-5,7,9,16,18H,2-3,6,8,10-15H2,1H3. The molecule has 0 aliphatic carbocycles. The number of hydrogen-bond acceptors (Lipinski definition) is 5. The number of aromatic nitrogens is 1. The molecule has 2 saturated heterocycles. The van der Waals surface area contributed by atoms with Crippen LogP contribution in [0.5, 0.6) is 0 Å². The van der Waals surface area contributed by atoms with Gasteiger partial charge in [0.1, 0.15) is 5.01 Å². The number of amides is 1. The van der Waals surface area contributed by atoms with E-state index in [0.29, 0.717) is 32.4 Å². The van der Waals surface area contributed by atoms with Crippen molar-refractivity contribution in [1.82, 2.24) is 14.2 Å². The van der Waals surface area contributed by atoms with Crippen molar-refractivity contribution in [3.63, 3.8) is 0 Å². The number of benzene rings is 1. The lowest BCUT2D eigenvalue weighted by Crippen LogP contribution is -2.44. The van der Waals surface area contributed by atoms with Gasteiger partial charge in [0, 0.05) is 25.6 Å². The van der Waals surface area contributed by atoms with E-state index in [1.807, 2.05) is 30.0 Å². The SMILES string of the molecule is CCCCS(=O)(=O)N1CCC(C(=O)N2CCCC2c2nc3ccccc3s2)CC1. The van der Waals surface area contributed by atoms with Crippen molar-refractivity contribution in [3.8, 4) is 0 Å². The molecule has 2 fully saturated rings. The van der Waals surface area contributed by atoms with Gasteiger partial charge in [-0.25, -0.2) is 17.7 Å². The third kappa shape index (κ3) is 4.34. The van der Waals surface area contributed by atoms with E-state index < -0.39 is 10.0 Å². The molecule has 2 aromatic rings. The first-order valence-electron chi connectivity index (χ1n) is 10.6. The Labute approximate surface area is 177 Å². The lowest BCUT2D eigenvalue weighted by Gasteiger charge is -2.34. The van der Waals surface area contributed by atoms with Crippen LogP contribution in [0.25, 0.3) is 10.2 Å². The Morgan fingerprint density at radius 3 is 2.66 bits per heavy atom. The summed E-state index contributed by atoms with van der Waals surface area (Å²) >= 11 is 1.68. The fourth-order valence-corrected chi connectivity index (χ4v) is 7.19. The number of carbonyl (C=O) groups excluding carboxylic acids is 1. The molecule has 0 spiro atoms. The van der Waals surface area contributed by atoms with E-state index in [0.717, 1.165) is 41.0 Å². The molecule has 3 heterocycles. The smallest absolute Gasteiger partial charge is 0.226 e. The molecule has 1 amide bonds. The number of hydrogen-bond donors (Lipinski definition) is 0. The average Bonchev–Trinajstić information content (AvgIpc) is 3.38. The highest BCUT2D eigenvalue weighted by atomic mass is 32.2. The van der Waals surface area contributed by atoms with Gasteiger partial charge in [-0.1, -0.05) is 25.5 Å². The van der Waals surface area contributed by atoms with Gasteiger partial charge in [-0.2, -0.15) is 0 Å². The third-order valence-corrected chi connectivity index (χ3v) is 9.18. The Balaban J connectivity index is 1.41. The Bertz CT molecular complexity index is 931. The van der Waals surface area contributed by atoms with E-state index in [1.165, 1.54) is 0 Å². The minimum atomic E-state index is -3.18. The Morgan fingerprint density at radius 1 is 1.17 bits per heavy atom. The maximum Gasteiger partial charge on any atom is 0.226 e. The molecule has 2 aliphatic heterocycles. The summed E-state index contributed by atoms with van der Waals surface area (Å²) in [7, 11) is -3.18. The minimum Gasteiger partial charge on any atom is -0.333 e. The van der Waals surface area contributed by atoms with Crippen LogP contribution in [0, 0.1) is 5.92 Å². The summed E-state index contributed by atoms with van der Waals surface area (Å²) in [6.45, 7) is 3.69. The Hall–Kier alpha value is -1.51. The van der Waals surface area contributed by atoms with Gasteiger partial charge in [-0.15, -0.1) is 11.3 Å². The van der Waals surface area contributed by atoms with Crippen LogP contribution in [-0.4, -0.2) is 53.9 Å². The van der Waals surface area contributed by atoms with Crippen molar-refractivity contribution in [3.05, 3.63) is 29.3 Å². The summed E-state index contributed by atoms with van der Waals surface area (Å²) in [5, 5.41) is 1.02. The van der Waals surface area contributed by atoms with Gasteiger partial charge in [0.15, 0.2) is 0 Å². The summed E-state index contributed by atoms with van der Waals surface area (Å²) < 4.78 is 27.6. The van der Waals surface area contributed by atoms with Gasteiger partial charge in [0.25, 0.3) is 0 Å². The molecular formula is C21H29N3O3S2. The summed E-state index contributed by atoms with van der Waals surface area (Å²) in [6, 6.07) is 8.17. The predicted molar refractivity (Wildman–Crippen MR) is 116 cm³/mol. The zero-order chi connectivity index (χ0) is 20.4. The van der Waals surface area contributed by atoms with Gasteiger partial charge >= 0.3 is 0 Å². The quantitative estimate of drug-likeness (QED) is 0.692. The minimum absolute atomic E-state index is 0.0613. The molecule has 8 heteroatoms. The number of unbranched alkanes of at least 4 members (excludes halogenated alkanes) is 1. The average molecular weight is 436 g/mol. The van der Waals surface area contributed by atoms with Crippen molar-refractivity contribution in [2.75, 3.05) is 25.4 Å². The van der Waals surface area contributed by atoms with Crippen LogP contribution in [0.4, 0.5) is 0 Å². The number of sulfonamides is 1. The third-order valence-electron chi connectivity index (χ3n) is 6.08. The van der Waals surface area contributed by atoms with E-state index in [2.05, 4.69) is 6.07 Å². The number of piperidine rings is 1. The largest absolute Gasteiger partial charge is 0.333 e. The van der Waals surface area contributed by atoms with E-state index in [-0.39, 0.29) is 23.6 Å². The highest BCUT2D eigenvalue weighted by molar-refractivity contribution is 7.89. The maximum atomic E-state index is 13.3. The summed E-state index contributed by atoms with van der Waals surface area (Å²) in [5.41, 5.74) is 0.998. The number of likely N-dealkylation sites (tertiary alicyclic amines) is 1. The van der Waals surface area contributed by atoms with Gasteiger partial charge in [-0.05, 0) is 44.2 Å². The summed E-state index contributed by atoms with van der Waals surface area (Å²) in [5.74, 6) is 0.313. The van der Waals surface area contributed by atoms with Crippen LogP contribution in [0.2, 0.25) is 0 Å².